The van der Waals surface area contributed by atoms with Gasteiger partial charge in [0.1, 0.15) is 23.0 Å². The van der Waals surface area contributed by atoms with Crippen molar-refractivity contribution in [1.82, 2.24) is 0 Å². The van der Waals surface area contributed by atoms with E-state index in [9.17, 15) is 0 Å². The van der Waals surface area contributed by atoms with Crippen molar-refractivity contribution in [3.63, 3.8) is 0 Å². The zero-order valence-electron chi connectivity index (χ0n) is 27.9. The first-order valence-electron chi connectivity index (χ1n) is 17.1. The Hall–Kier alpha value is -6.84. The van der Waals surface area contributed by atoms with Gasteiger partial charge in [-0.05, 0) is 57.6 Å². The van der Waals surface area contributed by atoms with Crippen LogP contribution in [0.25, 0.3) is 44.5 Å². The zero-order chi connectivity index (χ0) is 34.2. The van der Waals surface area contributed by atoms with E-state index in [4.69, 9.17) is 9.47 Å². The molecule has 8 aromatic carbocycles. The van der Waals surface area contributed by atoms with Crippen molar-refractivity contribution in [2.45, 2.75) is 0 Å². The van der Waals surface area contributed by atoms with Gasteiger partial charge >= 0.3 is 0 Å². The smallest absolute Gasteiger partial charge is 0.133 e. The molecule has 0 radical (unpaired) electrons. The highest BCUT2D eigenvalue weighted by atomic mass is 16.5. The normalized spacial score (nSPS) is 10.7. The Kier molecular flexibility index (Phi) is 9.08. The second kappa shape index (κ2) is 14.7. The molecule has 0 spiro atoms. The van der Waals surface area contributed by atoms with Gasteiger partial charge in [-0.1, -0.05) is 164 Å². The quantitative estimate of drug-likeness (QED) is 0.159. The van der Waals surface area contributed by atoms with Gasteiger partial charge in [0.2, 0.25) is 0 Å². The molecule has 0 saturated carbocycles. The molecule has 51 heavy (non-hydrogen) atoms. The summed E-state index contributed by atoms with van der Waals surface area (Å²) in [6.07, 6.45) is 0. The fourth-order valence-corrected chi connectivity index (χ4v) is 6.27. The Balaban J connectivity index is 1.17. The lowest BCUT2D eigenvalue weighted by molar-refractivity contribution is 0.461. The van der Waals surface area contributed by atoms with Crippen LogP contribution in [0.5, 0.6) is 23.0 Å². The lowest BCUT2D eigenvalue weighted by Crippen LogP contribution is -1.98. The van der Waals surface area contributed by atoms with E-state index in [1.807, 2.05) is 91.0 Å². The van der Waals surface area contributed by atoms with Crippen molar-refractivity contribution < 1.29 is 9.47 Å². The summed E-state index contributed by atoms with van der Waals surface area (Å²) in [5, 5.41) is 3.79. The first kappa shape index (κ1) is 31.4. The molecule has 3 nitrogen and oxygen atoms in total. The molecule has 8 aromatic rings. The molecule has 0 aliphatic rings. The van der Waals surface area contributed by atoms with Gasteiger partial charge in [-0.15, -0.1) is 0 Å². The standard InChI is InChI=1S/C48H35NO2/c1-5-14-35(15-6-1)37-24-28-42(29-25-37)50-44-32-41(33-45(34-44)51-43-30-26-38(27-31-43)36-16-7-2-8-17-36)49-48-46(39-18-9-3-10-19-39)22-13-23-47(48)40-20-11-4-12-21-40/h1-34,49H. The topological polar surface area (TPSA) is 30.5 Å². The summed E-state index contributed by atoms with van der Waals surface area (Å²) in [7, 11) is 0. The highest BCUT2D eigenvalue weighted by Gasteiger charge is 2.15. The summed E-state index contributed by atoms with van der Waals surface area (Å²) in [5.41, 5.74) is 10.9. The van der Waals surface area contributed by atoms with Crippen LogP contribution >= 0.6 is 0 Å². The molecule has 0 fully saturated rings. The van der Waals surface area contributed by atoms with Gasteiger partial charge in [-0.25, -0.2) is 0 Å². The molecule has 0 aliphatic heterocycles. The highest BCUT2D eigenvalue weighted by molar-refractivity contribution is 5.93. The van der Waals surface area contributed by atoms with Gasteiger partial charge in [0.05, 0.1) is 5.69 Å². The average Bonchev–Trinajstić information content (AvgIpc) is 3.20. The van der Waals surface area contributed by atoms with E-state index in [1.165, 1.54) is 0 Å². The summed E-state index contributed by atoms with van der Waals surface area (Å²) < 4.78 is 13.0. The summed E-state index contributed by atoms with van der Waals surface area (Å²) in [6.45, 7) is 0. The number of rotatable bonds is 10. The van der Waals surface area contributed by atoms with Crippen LogP contribution in [0.3, 0.4) is 0 Å². The largest absolute Gasteiger partial charge is 0.457 e. The number of para-hydroxylation sites is 1. The van der Waals surface area contributed by atoms with Crippen LogP contribution in [0.4, 0.5) is 11.4 Å². The highest BCUT2D eigenvalue weighted by Crippen LogP contribution is 2.41. The van der Waals surface area contributed by atoms with Crippen molar-refractivity contribution in [1.29, 1.82) is 0 Å². The van der Waals surface area contributed by atoms with E-state index in [2.05, 4.69) is 121 Å². The van der Waals surface area contributed by atoms with Crippen LogP contribution in [0.2, 0.25) is 0 Å². The van der Waals surface area contributed by atoms with Gasteiger partial charge in [-0.2, -0.15) is 0 Å². The van der Waals surface area contributed by atoms with Crippen LogP contribution in [0, 0.1) is 0 Å². The molecule has 0 saturated heterocycles. The number of hydrogen-bond acceptors (Lipinski definition) is 3. The number of hydrogen-bond donors (Lipinski definition) is 1. The molecule has 0 atom stereocenters. The molecule has 244 valence electrons. The maximum atomic E-state index is 6.51. The number of ether oxygens (including phenoxy) is 2. The maximum absolute atomic E-state index is 6.51. The third-order valence-corrected chi connectivity index (χ3v) is 8.78. The van der Waals surface area contributed by atoms with Gasteiger partial charge in [0.15, 0.2) is 0 Å². The Labute approximate surface area is 299 Å². The molecule has 1 N–H and O–H groups in total. The van der Waals surface area contributed by atoms with Crippen molar-refractivity contribution >= 4 is 11.4 Å². The fourth-order valence-electron chi connectivity index (χ4n) is 6.27. The molecule has 0 bridgehead atoms. The van der Waals surface area contributed by atoms with E-state index >= 15 is 0 Å². The van der Waals surface area contributed by atoms with E-state index in [1.54, 1.807) is 0 Å². The Morgan fingerprint density at radius 3 is 1.02 bits per heavy atom. The lowest BCUT2D eigenvalue weighted by atomic mass is 9.95. The maximum Gasteiger partial charge on any atom is 0.133 e. The van der Waals surface area contributed by atoms with Crippen molar-refractivity contribution in [2.75, 3.05) is 5.32 Å². The zero-order valence-corrected chi connectivity index (χ0v) is 27.9. The van der Waals surface area contributed by atoms with Gasteiger partial charge < -0.3 is 14.8 Å². The number of nitrogens with one attached hydrogen (secondary N) is 1. The second-order valence-electron chi connectivity index (χ2n) is 12.3. The minimum Gasteiger partial charge on any atom is -0.457 e. The molecule has 0 unspecified atom stereocenters. The van der Waals surface area contributed by atoms with Crippen LogP contribution in [0.1, 0.15) is 0 Å². The SMILES string of the molecule is c1ccc(-c2ccc(Oc3cc(Nc4c(-c5ccccc5)cccc4-c4ccccc4)cc(Oc4ccc(-c5ccccc5)cc4)c3)cc2)cc1. The number of anilines is 2. The summed E-state index contributed by atoms with van der Waals surface area (Å²) in [6, 6.07) is 70.4. The molecule has 3 heteroatoms. The molecule has 8 rings (SSSR count). The van der Waals surface area contributed by atoms with Crippen molar-refractivity contribution in [3.8, 4) is 67.5 Å². The molecular weight excluding hydrogens is 623 g/mol. The van der Waals surface area contributed by atoms with Crippen molar-refractivity contribution in [2.24, 2.45) is 0 Å². The minimum atomic E-state index is 0.654. The van der Waals surface area contributed by atoms with Gasteiger partial charge in [-0.3, -0.25) is 0 Å². The fraction of sp³-hybridized carbons (Fsp3) is 0. The molecule has 0 aliphatic carbocycles. The third kappa shape index (κ3) is 7.44. The van der Waals surface area contributed by atoms with E-state index < -0.39 is 0 Å². The molecular formula is C48H35NO2. The Morgan fingerprint density at radius 1 is 0.275 bits per heavy atom. The van der Waals surface area contributed by atoms with Gasteiger partial charge in [0.25, 0.3) is 0 Å². The Bertz CT molecular complexity index is 2180. The summed E-state index contributed by atoms with van der Waals surface area (Å²) in [4.78, 5) is 0. The monoisotopic (exact) mass is 657 g/mol. The third-order valence-electron chi connectivity index (χ3n) is 8.78. The number of benzene rings is 8. The molecule has 0 aromatic heterocycles. The summed E-state index contributed by atoms with van der Waals surface area (Å²) >= 11 is 0. The lowest BCUT2D eigenvalue weighted by Gasteiger charge is -2.19. The van der Waals surface area contributed by atoms with Crippen LogP contribution in [0.15, 0.2) is 206 Å². The predicted molar refractivity (Wildman–Crippen MR) is 211 cm³/mol. The molecule has 0 heterocycles. The predicted octanol–water partition coefficient (Wildman–Crippen LogP) is 13.7. The van der Waals surface area contributed by atoms with E-state index in [-0.39, 0.29) is 0 Å². The van der Waals surface area contributed by atoms with Crippen molar-refractivity contribution in [3.05, 3.63) is 206 Å². The first-order chi connectivity index (χ1) is 25.2. The average molecular weight is 658 g/mol. The second-order valence-corrected chi connectivity index (χ2v) is 12.3. The van der Waals surface area contributed by atoms with Crippen LogP contribution in [-0.4, -0.2) is 0 Å². The van der Waals surface area contributed by atoms with Crippen LogP contribution in [-0.2, 0) is 0 Å². The molecule has 0 amide bonds. The Morgan fingerprint density at radius 2 is 0.627 bits per heavy atom. The first-order valence-corrected chi connectivity index (χ1v) is 17.1. The summed E-state index contributed by atoms with van der Waals surface area (Å²) in [5.74, 6) is 2.78. The van der Waals surface area contributed by atoms with Gasteiger partial charge in [0, 0.05) is 35.0 Å². The van der Waals surface area contributed by atoms with Crippen LogP contribution < -0.4 is 14.8 Å². The minimum absolute atomic E-state index is 0.654. The van der Waals surface area contributed by atoms with E-state index in [0.29, 0.717) is 11.5 Å². The van der Waals surface area contributed by atoms with E-state index in [0.717, 1.165) is 67.4 Å².